The van der Waals surface area contributed by atoms with Crippen molar-refractivity contribution < 1.29 is 14.8 Å². The summed E-state index contributed by atoms with van der Waals surface area (Å²) >= 11 is 0. The first-order chi connectivity index (χ1) is 7.18. The van der Waals surface area contributed by atoms with Gasteiger partial charge in [-0.05, 0) is 17.6 Å². The Morgan fingerprint density at radius 3 is 2.40 bits per heavy atom. The highest BCUT2D eigenvalue weighted by molar-refractivity contribution is 6.58. The minimum absolute atomic E-state index is 0.118. The van der Waals surface area contributed by atoms with Crippen LogP contribution in [0.4, 0.5) is 10.5 Å². The number of benzene rings is 1. The Balaban J connectivity index is 2.19. The molecule has 0 spiro atoms. The maximum absolute atomic E-state index is 11.3. The molecule has 0 aliphatic carbocycles. The highest BCUT2D eigenvalue weighted by Gasteiger charge is 2.21. The van der Waals surface area contributed by atoms with Crippen LogP contribution in [-0.4, -0.2) is 36.3 Å². The monoisotopic (exact) mass is 206 g/mol. The van der Waals surface area contributed by atoms with Crippen molar-refractivity contribution >= 4 is 24.3 Å². The molecule has 1 saturated heterocycles. The van der Waals surface area contributed by atoms with Crippen LogP contribution in [0.1, 0.15) is 0 Å². The van der Waals surface area contributed by atoms with Gasteiger partial charge in [0, 0.05) is 18.8 Å². The molecule has 1 heterocycles. The number of carbonyl (C=O) groups is 1. The second kappa shape index (κ2) is 3.92. The van der Waals surface area contributed by atoms with E-state index >= 15 is 0 Å². The number of hydrogen-bond donors (Lipinski definition) is 3. The zero-order chi connectivity index (χ0) is 10.8. The van der Waals surface area contributed by atoms with E-state index in [4.69, 9.17) is 10.0 Å². The Kier molecular flexibility index (Phi) is 2.61. The van der Waals surface area contributed by atoms with Crippen LogP contribution in [0.3, 0.4) is 0 Å². The molecule has 15 heavy (non-hydrogen) atoms. The van der Waals surface area contributed by atoms with Crippen LogP contribution in [0.5, 0.6) is 0 Å². The van der Waals surface area contributed by atoms with E-state index in [1.54, 1.807) is 29.2 Å². The van der Waals surface area contributed by atoms with Crippen molar-refractivity contribution in [3.8, 4) is 0 Å². The number of nitrogens with one attached hydrogen (secondary N) is 1. The van der Waals surface area contributed by atoms with Gasteiger partial charge in [-0.15, -0.1) is 0 Å². The quantitative estimate of drug-likeness (QED) is 0.537. The molecule has 0 bridgehead atoms. The van der Waals surface area contributed by atoms with Crippen molar-refractivity contribution in [1.82, 2.24) is 5.32 Å². The van der Waals surface area contributed by atoms with Gasteiger partial charge in [-0.1, -0.05) is 12.1 Å². The van der Waals surface area contributed by atoms with Crippen molar-refractivity contribution in [3.63, 3.8) is 0 Å². The molecule has 0 aromatic heterocycles. The Morgan fingerprint density at radius 1 is 1.27 bits per heavy atom. The third kappa shape index (κ3) is 1.95. The lowest BCUT2D eigenvalue weighted by Gasteiger charge is -2.14. The van der Waals surface area contributed by atoms with E-state index in [9.17, 15) is 4.79 Å². The normalized spacial score (nSPS) is 15.3. The fourth-order valence-corrected chi connectivity index (χ4v) is 1.54. The molecular weight excluding hydrogens is 195 g/mol. The third-order valence-electron chi connectivity index (χ3n) is 2.36. The topological polar surface area (TPSA) is 72.8 Å². The summed E-state index contributed by atoms with van der Waals surface area (Å²) in [6.07, 6.45) is 0. The Hall–Kier alpha value is -1.53. The lowest BCUT2D eigenvalue weighted by Crippen LogP contribution is -2.31. The van der Waals surface area contributed by atoms with E-state index in [0.717, 1.165) is 5.69 Å². The molecule has 1 aliphatic heterocycles. The van der Waals surface area contributed by atoms with Gasteiger partial charge in [0.15, 0.2) is 0 Å². The van der Waals surface area contributed by atoms with Crippen LogP contribution in [0.15, 0.2) is 24.3 Å². The molecule has 1 fully saturated rings. The lowest BCUT2D eigenvalue weighted by atomic mass is 9.80. The summed E-state index contributed by atoms with van der Waals surface area (Å²) in [5.41, 5.74) is 1.17. The first-order valence-corrected chi connectivity index (χ1v) is 4.70. The number of urea groups is 1. The Bertz CT molecular complexity index is 366. The fraction of sp³-hybridized carbons (Fsp3) is 0.222. The van der Waals surface area contributed by atoms with Gasteiger partial charge in [0.2, 0.25) is 0 Å². The molecule has 2 amide bonds. The van der Waals surface area contributed by atoms with Crippen molar-refractivity contribution in [1.29, 1.82) is 0 Å². The summed E-state index contributed by atoms with van der Waals surface area (Å²) in [6.45, 7) is 1.28. The fourth-order valence-electron chi connectivity index (χ4n) is 1.54. The first kappa shape index (κ1) is 10.0. The average molecular weight is 206 g/mol. The number of rotatable bonds is 2. The van der Waals surface area contributed by atoms with Crippen LogP contribution < -0.4 is 15.7 Å². The highest BCUT2D eigenvalue weighted by Crippen LogP contribution is 2.14. The molecule has 3 N–H and O–H groups in total. The van der Waals surface area contributed by atoms with E-state index < -0.39 is 7.12 Å². The number of anilines is 1. The average Bonchev–Trinajstić information content (AvgIpc) is 2.65. The summed E-state index contributed by atoms with van der Waals surface area (Å²) in [6, 6.07) is 6.45. The Labute approximate surface area is 87.5 Å². The molecular formula is C9H11BN2O3. The van der Waals surface area contributed by atoms with Gasteiger partial charge in [-0.2, -0.15) is 0 Å². The smallest absolute Gasteiger partial charge is 0.423 e. The SMILES string of the molecule is O=C1NCCN1c1ccc(B(O)O)cc1. The van der Waals surface area contributed by atoms with E-state index in [0.29, 0.717) is 18.6 Å². The molecule has 0 saturated carbocycles. The number of amides is 2. The third-order valence-corrected chi connectivity index (χ3v) is 2.36. The van der Waals surface area contributed by atoms with Gasteiger partial charge < -0.3 is 15.4 Å². The predicted molar refractivity (Wildman–Crippen MR) is 57.0 cm³/mol. The lowest BCUT2D eigenvalue weighted by molar-refractivity contribution is 0.252. The van der Waals surface area contributed by atoms with E-state index in [1.165, 1.54) is 0 Å². The summed E-state index contributed by atoms with van der Waals surface area (Å²) in [5, 5.41) is 20.5. The van der Waals surface area contributed by atoms with Crippen LogP contribution in [0.25, 0.3) is 0 Å². The Morgan fingerprint density at radius 2 is 1.93 bits per heavy atom. The molecule has 1 aromatic carbocycles. The number of carbonyl (C=O) groups excluding carboxylic acids is 1. The van der Waals surface area contributed by atoms with Gasteiger partial charge in [0.05, 0.1) is 0 Å². The maximum atomic E-state index is 11.3. The molecule has 78 valence electrons. The molecule has 0 radical (unpaired) electrons. The molecule has 0 unspecified atom stereocenters. The molecule has 2 rings (SSSR count). The van der Waals surface area contributed by atoms with Crippen molar-refractivity contribution in [2.24, 2.45) is 0 Å². The highest BCUT2D eigenvalue weighted by atomic mass is 16.4. The predicted octanol–water partition coefficient (Wildman–Crippen LogP) is -1.10. The maximum Gasteiger partial charge on any atom is 0.488 e. The van der Waals surface area contributed by atoms with E-state index in [-0.39, 0.29) is 6.03 Å². The van der Waals surface area contributed by atoms with Crippen LogP contribution in [-0.2, 0) is 0 Å². The second-order valence-electron chi connectivity index (χ2n) is 3.35. The first-order valence-electron chi connectivity index (χ1n) is 4.70. The summed E-state index contributed by atoms with van der Waals surface area (Å²) in [5.74, 6) is 0. The minimum Gasteiger partial charge on any atom is -0.423 e. The van der Waals surface area contributed by atoms with Crippen molar-refractivity contribution in [3.05, 3.63) is 24.3 Å². The van der Waals surface area contributed by atoms with Gasteiger partial charge in [-0.3, -0.25) is 4.90 Å². The molecule has 1 aromatic rings. The summed E-state index contributed by atoms with van der Waals surface area (Å²) < 4.78 is 0. The minimum atomic E-state index is -1.47. The molecule has 6 heteroatoms. The zero-order valence-electron chi connectivity index (χ0n) is 8.05. The molecule has 5 nitrogen and oxygen atoms in total. The van der Waals surface area contributed by atoms with E-state index in [2.05, 4.69) is 5.32 Å². The van der Waals surface area contributed by atoms with Crippen LogP contribution >= 0.6 is 0 Å². The van der Waals surface area contributed by atoms with Gasteiger partial charge in [0.25, 0.3) is 0 Å². The largest absolute Gasteiger partial charge is 0.488 e. The van der Waals surface area contributed by atoms with Gasteiger partial charge in [-0.25, -0.2) is 4.79 Å². The zero-order valence-corrected chi connectivity index (χ0v) is 8.05. The number of nitrogens with zero attached hydrogens (tertiary/aromatic N) is 1. The second-order valence-corrected chi connectivity index (χ2v) is 3.35. The standard InChI is InChI=1S/C9H11BN2O3/c13-9-11-5-6-12(9)8-3-1-7(2-4-8)10(14)15/h1-4,14-15H,5-6H2,(H,11,13). The van der Waals surface area contributed by atoms with Crippen LogP contribution in [0.2, 0.25) is 0 Å². The summed E-state index contributed by atoms with van der Waals surface area (Å²) in [7, 11) is -1.47. The van der Waals surface area contributed by atoms with Gasteiger partial charge in [0.1, 0.15) is 0 Å². The summed E-state index contributed by atoms with van der Waals surface area (Å²) in [4.78, 5) is 12.9. The number of hydrogen-bond acceptors (Lipinski definition) is 3. The van der Waals surface area contributed by atoms with Crippen molar-refractivity contribution in [2.75, 3.05) is 18.0 Å². The van der Waals surface area contributed by atoms with E-state index in [1.807, 2.05) is 0 Å². The molecule has 0 atom stereocenters. The van der Waals surface area contributed by atoms with Crippen LogP contribution in [0, 0.1) is 0 Å². The van der Waals surface area contributed by atoms with Crippen molar-refractivity contribution in [2.45, 2.75) is 0 Å². The molecule has 1 aliphatic rings. The van der Waals surface area contributed by atoms with Gasteiger partial charge >= 0.3 is 13.1 Å².